The Morgan fingerprint density at radius 3 is 2.47 bits per heavy atom. The van der Waals surface area contributed by atoms with Crippen molar-refractivity contribution in [2.75, 3.05) is 0 Å². The summed E-state index contributed by atoms with van der Waals surface area (Å²) in [6, 6.07) is 0.141. The molecule has 1 aliphatic carbocycles. The van der Waals surface area contributed by atoms with Crippen molar-refractivity contribution in [2.45, 2.75) is 44.6 Å². The van der Waals surface area contributed by atoms with Gasteiger partial charge >= 0.3 is 0 Å². The molecule has 0 aromatic carbocycles. The maximum atomic E-state index is 5.74. The van der Waals surface area contributed by atoms with Crippen molar-refractivity contribution < 1.29 is 0 Å². The lowest BCUT2D eigenvalue weighted by Gasteiger charge is -2.25. The lowest BCUT2D eigenvalue weighted by Crippen LogP contribution is -2.35. The Labute approximate surface area is 110 Å². The van der Waals surface area contributed by atoms with E-state index in [-0.39, 0.29) is 6.04 Å². The second-order valence-corrected chi connectivity index (χ2v) is 5.54. The molecule has 3 N–H and O–H groups in total. The molecule has 0 bridgehead atoms. The Morgan fingerprint density at radius 2 is 2.00 bits per heavy atom. The maximum absolute atomic E-state index is 5.74. The van der Waals surface area contributed by atoms with Gasteiger partial charge in [0.1, 0.15) is 0 Å². The summed E-state index contributed by atoms with van der Waals surface area (Å²) in [5.74, 6) is 6.32. The largest absolute Gasteiger partial charge is 0.271 e. The van der Waals surface area contributed by atoms with Crippen LogP contribution in [0, 0.1) is 5.92 Å². The number of nitrogens with one attached hydrogen (secondary N) is 1. The van der Waals surface area contributed by atoms with Crippen molar-refractivity contribution in [3.63, 3.8) is 0 Å². The fraction of sp³-hybridized carbons (Fsp3) is 0.818. The molecule has 2 rings (SSSR count). The highest BCUT2D eigenvalue weighted by molar-refractivity contribution is 9.10. The third-order valence-electron chi connectivity index (χ3n) is 3.67. The molecule has 17 heavy (non-hydrogen) atoms. The monoisotopic (exact) mass is 301 g/mol. The average molecular weight is 302 g/mol. The first-order valence-electron chi connectivity index (χ1n) is 6.25. The van der Waals surface area contributed by atoms with E-state index in [4.69, 9.17) is 5.84 Å². The molecule has 1 unspecified atom stereocenters. The third-order valence-corrected chi connectivity index (χ3v) is 4.24. The molecule has 1 aromatic rings. The predicted molar refractivity (Wildman–Crippen MR) is 70.0 cm³/mol. The summed E-state index contributed by atoms with van der Waals surface area (Å²) in [4.78, 5) is 0. The molecular weight excluding hydrogens is 282 g/mol. The first-order valence-corrected chi connectivity index (χ1v) is 7.04. The number of hydrogen-bond donors (Lipinski definition) is 2. The van der Waals surface area contributed by atoms with Gasteiger partial charge in [-0.2, -0.15) is 0 Å². The molecule has 1 aromatic heterocycles. The lowest BCUT2D eigenvalue weighted by atomic mass is 9.90. The van der Waals surface area contributed by atoms with Gasteiger partial charge in [0.15, 0.2) is 4.60 Å². The van der Waals surface area contributed by atoms with Crippen LogP contribution in [0.2, 0.25) is 0 Å². The molecule has 96 valence electrons. The van der Waals surface area contributed by atoms with Crippen LogP contribution in [0.15, 0.2) is 4.60 Å². The van der Waals surface area contributed by atoms with Crippen LogP contribution in [0.1, 0.15) is 50.3 Å². The first kappa shape index (κ1) is 13.0. The van der Waals surface area contributed by atoms with Gasteiger partial charge < -0.3 is 0 Å². The Balaban J connectivity index is 2.20. The minimum atomic E-state index is 0.141. The molecular formula is C11H20BrN5. The van der Waals surface area contributed by atoms with Crippen molar-refractivity contribution in [1.29, 1.82) is 0 Å². The van der Waals surface area contributed by atoms with Gasteiger partial charge in [0.25, 0.3) is 0 Å². The summed E-state index contributed by atoms with van der Waals surface area (Å²) in [5, 5.41) is 8.06. The standard InChI is InChI=1S/C11H20BrN5/c1-17-10(11(12)15-16-17)9(14-13)8-6-4-2-3-5-7-8/h8-9,14H,2-7,13H2,1H3. The van der Waals surface area contributed by atoms with E-state index < -0.39 is 0 Å². The lowest BCUT2D eigenvalue weighted by molar-refractivity contribution is 0.314. The highest BCUT2D eigenvalue weighted by Crippen LogP contribution is 2.34. The molecule has 1 aliphatic rings. The Hall–Kier alpha value is -0.460. The van der Waals surface area contributed by atoms with Gasteiger partial charge in [-0.1, -0.05) is 30.9 Å². The van der Waals surface area contributed by atoms with E-state index in [9.17, 15) is 0 Å². The minimum absolute atomic E-state index is 0.141. The number of aryl methyl sites for hydroxylation is 1. The summed E-state index contributed by atoms with van der Waals surface area (Å²) in [6.07, 6.45) is 7.74. The zero-order chi connectivity index (χ0) is 12.3. The van der Waals surface area contributed by atoms with Crippen LogP contribution in [-0.2, 0) is 7.05 Å². The Morgan fingerprint density at radius 1 is 1.35 bits per heavy atom. The van der Waals surface area contributed by atoms with Crippen LogP contribution in [0.4, 0.5) is 0 Å². The number of rotatable bonds is 3. The number of hydrazine groups is 1. The molecule has 0 radical (unpaired) electrons. The van der Waals surface area contributed by atoms with Crippen LogP contribution < -0.4 is 11.3 Å². The van der Waals surface area contributed by atoms with Gasteiger partial charge in [-0.25, -0.2) is 4.68 Å². The quantitative estimate of drug-likeness (QED) is 0.509. The zero-order valence-corrected chi connectivity index (χ0v) is 11.8. The molecule has 0 amide bonds. The molecule has 1 fully saturated rings. The third kappa shape index (κ3) is 2.86. The van der Waals surface area contributed by atoms with Crippen molar-refractivity contribution in [2.24, 2.45) is 18.8 Å². The van der Waals surface area contributed by atoms with Crippen LogP contribution >= 0.6 is 15.9 Å². The van der Waals surface area contributed by atoms with Crippen molar-refractivity contribution in [3.05, 3.63) is 10.3 Å². The van der Waals surface area contributed by atoms with Gasteiger partial charge in [-0.05, 0) is 34.7 Å². The van der Waals surface area contributed by atoms with Crippen molar-refractivity contribution in [3.8, 4) is 0 Å². The second-order valence-electron chi connectivity index (χ2n) is 4.79. The molecule has 1 atom stereocenters. The fourth-order valence-electron chi connectivity index (χ4n) is 2.75. The number of halogens is 1. The first-order chi connectivity index (χ1) is 8.24. The summed E-state index contributed by atoms with van der Waals surface area (Å²) < 4.78 is 2.60. The number of nitrogens with two attached hydrogens (primary N) is 1. The topological polar surface area (TPSA) is 68.8 Å². The molecule has 1 saturated carbocycles. The van der Waals surface area contributed by atoms with E-state index in [0.717, 1.165) is 10.3 Å². The maximum Gasteiger partial charge on any atom is 0.153 e. The fourth-order valence-corrected chi connectivity index (χ4v) is 3.33. The van der Waals surface area contributed by atoms with Gasteiger partial charge in [-0.15, -0.1) is 5.10 Å². The summed E-state index contributed by atoms with van der Waals surface area (Å²) >= 11 is 3.45. The van der Waals surface area contributed by atoms with Crippen LogP contribution in [0.3, 0.4) is 0 Å². The second kappa shape index (κ2) is 5.93. The van der Waals surface area contributed by atoms with E-state index in [1.165, 1.54) is 38.5 Å². The molecule has 5 nitrogen and oxygen atoms in total. The number of aromatic nitrogens is 3. The highest BCUT2D eigenvalue weighted by atomic mass is 79.9. The smallest absolute Gasteiger partial charge is 0.153 e. The SMILES string of the molecule is Cn1nnc(Br)c1C(NN)C1CCCCCC1. The van der Waals surface area contributed by atoms with E-state index in [1.807, 2.05) is 7.05 Å². The van der Waals surface area contributed by atoms with Gasteiger partial charge in [-0.3, -0.25) is 11.3 Å². The molecule has 6 heteroatoms. The van der Waals surface area contributed by atoms with E-state index in [0.29, 0.717) is 5.92 Å². The van der Waals surface area contributed by atoms with Crippen molar-refractivity contribution >= 4 is 15.9 Å². The van der Waals surface area contributed by atoms with E-state index >= 15 is 0 Å². The summed E-state index contributed by atoms with van der Waals surface area (Å²) in [7, 11) is 1.91. The molecule has 0 spiro atoms. The highest BCUT2D eigenvalue weighted by Gasteiger charge is 2.28. The van der Waals surface area contributed by atoms with Crippen LogP contribution in [0.25, 0.3) is 0 Å². The average Bonchev–Trinajstić information content (AvgIpc) is 2.59. The van der Waals surface area contributed by atoms with Crippen LogP contribution in [0.5, 0.6) is 0 Å². The number of hydrogen-bond acceptors (Lipinski definition) is 4. The van der Waals surface area contributed by atoms with E-state index in [2.05, 4.69) is 31.7 Å². The summed E-state index contributed by atoms with van der Waals surface area (Å²) in [6.45, 7) is 0. The van der Waals surface area contributed by atoms with Gasteiger partial charge in [0.2, 0.25) is 0 Å². The molecule has 0 aliphatic heterocycles. The number of nitrogens with zero attached hydrogens (tertiary/aromatic N) is 3. The van der Waals surface area contributed by atoms with Gasteiger partial charge in [0.05, 0.1) is 11.7 Å². The Bertz CT molecular complexity index is 337. The normalized spacial score (nSPS) is 20.2. The molecule has 1 heterocycles. The zero-order valence-electron chi connectivity index (χ0n) is 10.2. The minimum Gasteiger partial charge on any atom is -0.271 e. The van der Waals surface area contributed by atoms with E-state index in [1.54, 1.807) is 4.68 Å². The summed E-state index contributed by atoms with van der Waals surface area (Å²) in [5.41, 5.74) is 4.01. The Kier molecular flexibility index (Phi) is 4.53. The van der Waals surface area contributed by atoms with Gasteiger partial charge in [0, 0.05) is 7.05 Å². The van der Waals surface area contributed by atoms with Crippen molar-refractivity contribution in [1.82, 2.24) is 20.4 Å². The predicted octanol–water partition coefficient (Wildman–Crippen LogP) is 2.05. The van der Waals surface area contributed by atoms with Crippen LogP contribution in [-0.4, -0.2) is 15.0 Å². The molecule has 0 saturated heterocycles.